The number of hydrogen-bond acceptors (Lipinski definition) is 2. The zero-order chi connectivity index (χ0) is 16.4. The van der Waals surface area contributed by atoms with Gasteiger partial charge in [0.15, 0.2) is 0 Å². The highest BCUT2D eigenvalue weighted by atomic mass is 79.9. The first-order chi connectivity index (χ1) is 11.0. The number of benzene rings is 2. The van der Waals surface area contributed by atoms with Crippen molar-refractivity contribution in [3.8, 4) is 0 Å². The lowest BCUT2D eigenvalue weighted by Crippen LogP contribution is -2.37. The lowest BCUT2D eigenvalue weighted by molar-refractivity contribution is -0.129. The molecular weight excluding hydrogens is 370 g/mol. The largest absolute Gasteiger partial charge is 0.337 e. The molecule has 0 unspecified atom stereocenters. The molecule has 3 rings (SSSR count). The molecule has 1 heterocycles. The first kappa shape index (κ1) is 16.6. The Labute approximate surface area is 150 Å². The third-order valence-corrected chi connectivity index (χ3v) is 6.29. The van der Waals surface area contributed by atoms with Crippen molar-refractivity contribution in [2.24, 2.45) is 0 Å². The number of amides is 1. The number of fused-ring (bicyclic) bond motifs is 1. The summed E-state index contributed by atoms with van der Waals surface area (Å²) in [5.74, 6) is 0.730. The monoisotopic (exact) mass is 389 g/mol. The molecule has 0 fully saturated rings. The topological polar surface area (TPSA) is 20.3 Å². The highest BCUT2D eigenvalue weighted by Crippen LogP contribution is 2.29. The van der Waals surface area contributed by atoms with Gasteiger partial charge in [0.05, 0.1) is 5.75 Å². The Balaban J connectivity index is 1.64. The summed E-state index contributed by atoms with van der Waals surface area (Å²) in [6.07, 6.45) is 0.961. The van der Waals surface area contributed by atoms with Gasteiger partial charge in [-0.2, -0.15) is 0 Å². The van der Waals surface area contributed by atoms with Gasteiger partial charge in [-0.15, -0.1) is 11.8 Å². The molecule has 23 heavy (non-hydrogen) atoms. The Morgan fingerprint density at radius 1 is 1.17 bits per heavy atom. The van der Waals surface area contributed by atoms with E-state index in [0.29, 0.717) is 5.75 Å². The van der Waals surface area contributed by atoms with Crippen LogP contribution in [0.25, 0.3) is 0 Å². The Morgan fingerprint density at radius 3 is 2.70 bits per heavy atom. The molecule has 1 amide bonds. The summed E-state index contributed by atoms with van der Waals surface area (Å²) in [6.45, 7) is 5.74. The van der Waals surface area contributed by atoms with Crippen LogP contribution in [0, 0.1) is 13.8 Å². The minimum absolute atomic E-state index is 0.226. The van der Waals surface area contributed by atoms with Crippen molar-refractivity contribution < 1.29 is 4.79 Å². The molecule has 0 saturated heterocycles. The number of aryl methyl sites for hydroxylation is 2. The molecule has 0 bridgehead atoms. The Bertz CT molecular complexity index is 744. The van der Waals surface area contributed by atoms with Crippen molar-refractivity contribution in [2.75, 3.05) is 12.3 Å². The molecular formula is C19H20BrNOS. The third kappa shape index (κ3) is 3.81. The van der Waals surface area contributed by atoms with E-state index in [2.05, 4.69) is 66.2 Å². The van der Waals surface area contributed by atoms with Crippen LogP contribution in [0.2, 0.25) is 0 Å². The van der Waals surface area contributed by atoms with Crippen LogP contribution in [0.3, 0.4) is 0 Å². The second-order valence-electron chi connectivity index (χ2n) is 5.99. The van der Waals surface area contributed by atoms with Gasteiger partial charge < -0.3 is 4.90 Å². The number of nitrogens with zero attached hydrogens (tertiary/aromatic N) is 1. The highest BCUT2D eigenvalue weighted by Gasteiger charge is 2.20. The van der Waals surface area contributed by atoms with Crippen molar-refractivity contribution in [1.29, 1.82) is 0 Å². The van der Waals surface area contributed by atoms with Gasteiger partial charge in [0.1, 0.15) is 0 Å². The zero-order valence-electron chi connectivity index (χ0n) is 13.4. The fraction of sp³-hybridized carbons (Fsp3) is 0.316. The van der Waals surface area contributed by atoms with E-state index < -0.39 is 0 Å². The second-order valence-corrected chi connectivity index (χ2v) is 7.86. The van der Waals surface area contributed by atoms with E-state index in [9.17, 15) is 4.79 Å². The average Bonchev–Trinajstić information content (AvgIpc) is 2.56. The maximum atomic E-state index is 12.5. The van der Waals surface area contributed by atoms with E-state index in [4.69, 9.17) is 0 Å². The fourth-order valence-electron chi connectivity index (χ4n) is 2.85. The standard InChI is InChI=1S/C19H20BrNOS/c1-13-10-18(14(2)9-17(13)20)23-12-19(22)21-8-7-15-5-3-4-6-16(15)11-21/h3-6,9-10H,7-8,11-12H2,1-2H3. The van der Waals surface area contributed by atoms with Crippen molar-refractivity contribution >= 4 is 33.6 Å². The molecule has 2 aromatic rings. The van der Waals surface area contributed by atoms with Gasteiger partial charge in [0, 0.05) is 22.5 Å². The smallest absolute Gasteiger partial charge is 0.233 e. The van der Waals surface area contributed by atoms with Gasteiger partial charge in [-0.05, 0) is 54.7 Å². The summed E-state index contributed by atoms with van der Waals surface area (Å²) >= 11 is 5.19. The summed E-state index contributed by atoms with van der Waals surface area (Å²) in [7, 11) is 0. The molecule has 0 N–H and O–H groups in total. The van der Waals surface area contributed by atoms with Crippen LogP contribution >= 0.6 is 27.7 Å². The molecule has 1 aliphatic heterocycles. The van der Waals surface area contributed by atoms with Gasteiger partial charge >= 0.3 is 0 Å². The summed E-state index contributed by atoms with van der Waals surface area (Å²) in [5, 5.41) is 0. The first-order valence-corrected chi connectivity index (χ1v) is 9.56. The van der Waals surface area contributed by atoms with Gasteiger partial charge in [-0.3, -0.25) is 4.79 Å². The molecule has 0 radical (unpaired) electrons. The van der Waals surface area contributed by atoms with E-state index in [1.54, 1.807) is 11.8 Å². The normalized spacial score (nSPS) is 13.8. The Hall–Kier alpha value is -1.26. The minimum atomic E-state index is 0.226. The van der Waals surface area contributed by atoms with Crippen LogP contribution in [-0.2, 0) is 17.8 Å². The lowest BCUT2D eigenvalue weighted by atomic mass is 10.00. The van der Waals surface area contributed by atoms with Crippen molar-refractivity contribution in [1.82, 2.24) is 4.90 Å². The van der Waals surface area contributed by atoms with Crippen LogP contribution in [-0.4, -0.2) is 23.1 Å². The van der Waals surface area contributed by atoms with Crippen molar-refractivity contribution in [2.45, 2.75) is 31.7 Å². The highest BCUT2D eigenvalue weighted by molar-refractivity contribution is 9.10. The zero-order valence-corrected chi connectivity index (χ0v) is 15.8. The minimum Gasteiger partial charge on any atom is -0.337 e. The molecule has 0 aromatic heterocycles. The van der Waals surface area contributed by atoms with E-state index in [-0.39, 0.29) is 5.91 Å². The van der Waals surface area contributed by atoms with Gasteiger partial charge in [0.25, 0.3) is 0 Å². The van der Waals surface area contributed by atoms with E-state index >= 15 is 0 Å². The maximum absolute atomic E-state index is 12.5. The molecule has 0 aliphatic carbocycles. The molecule has 0 spiro atoms. The SMILES string of the molecule is Cc1cc(SCC(=O)N2CCc3ccccc3C2)c(C)cc1Br. The van der Waals surface area contributed by atoms with Crippen molar-refractivity contribution in [3.05, 3.63) is 63.1 Å². The molecule has 2 aromatic carbocycles. The molecule has 0 atom stereocenters. The second kappa shape index (κ2) is 7.10. The summed E-state index contributed by atoms with van der Waals surface area (Å²) in [4.78, 5) is 15.7. The first-order valence-electron chi connectivity index (χ1n) is 7.78. The summed E-state index contributed by atoms with van der Waals surface area (Å²) < 4.78 is 1.12. The van der Waals surface area contributed by atoms with Crippen molar-refractivity contribution in [3.63, 3.8) is 0 Å². The lowest BCUT2D eigenvalue weighted by Gasteiger charge is -2.28. The van der Waals surface area contributed by atoms with Crippen LogP contribution in [0.15, 0.2) is 45.8 Å². The number of carbonyl (C=O) groups is 1. The Morgan fingerprint density at radius 2 is 1.91 bits per heavy atom. The summed E-state index contributed by atoms with van der Waals surface area (Å²) in [6, 6.07) is 12.7. The third-order valence-electron chi connectivity index (χ3n) is 4.29. The predicted octanol–water partition coefficient (Wildman–Crippen LogP) is 4.74. The number of rotatable bonds is 3. The number of carbonyl (C=O) groups excluding carboxylic acids is 1. The fourth-order valence-corrected chi connectivity index (χ4v) is 4.32. The Kier molecular flexibility index (Phi) is 5.12. The average molecular weight is 390 g/mol. The maximum Gasteiger partial charge on any atom is 0.233 e. The van der Waals surface area contributed by atoms with Gasteiger partial charge in [0.2, 0.25) is 5.91 Å². The van der Waals surface area contributed by atoms with Crippen LogP contribution < -0.4 is 0 Å². The summed E-state index contributed by atoms with van der Waals surface area (Å²) in [5.41, 5.74) is 5.08. The quantitative estimate of drug-likeness (QED) is 0.706. The molecule has 1 aliphatic rings. The predicted molar refractivity (Wildman–Crippen MR) is 99.9 cm³/mol. The van der Waals surface area contributed by atoms with Gasteiger partial charge in [-0.1, -0.05) is 40.2 Å². The van der Waals surface area contributed by atoms with E-state index in [1.807, 2.05) is 4.90 Å². The van der Waals surface area contributed by atoms with E-state index in [0.717, 1.165) is 24.0 Å². The molecule has 120 valence electrons. The number of halogens is 1. The van der Waals surface area contributed by atoms with Crippen LogP contribution in [0.5, 0.6) is 0 Å². The number of thioether (sulfide) groups is 1. The van der Waals surface area contributed by atoms with Crippen LogP contribution in [0.4, 0.5) is 0 Å². The number of hydrogen-bond donors (Lipinski definition) is 0. The van der Waals surface area contributed by atoms with E-state index in [1.165, 1.54) is 27.1 Å². The molecule has 2 nitrogen and oxygen atoms in total. The van der Waals surface area contributed by atoms with Crippen LogP contribution in [0.1, 0.15) is 22.3 Å². The molecule has 0 saturated carbocycles. The van der Waals surface area contributed by atoms with Gasteiger partial charge in [-0.25, -0.2) is 0 Å². The molecule has 4 heteroatoms.